The molecule has 1 N–H and O–H groups in total. The second-order valence-corrected chi connectivity index (χ2v) is 9.76. The molecule has 2 heterocycles. The van der Waals surface area contributed by atoms with Crippen molar-refractivity contribution in [3.05, 3.63) is 94.7 Å². The van der Waals surface area contributed by atoms with Gasteiger partial charge in [-0.25, -0.2) is 18.7 Å². The molecular formula is C30H32FN3O4. The Hall–Kier alpha value is -4.20. The van der Waals surface area contributed by atoms with Gasteiger partial charge in [0.25, 0.3) is 0 Å². The highest BCUT2D eigenvalue weighted by atomic mass is 19.1. The summed E-state index contributed by atoms with van der Waals surface area (Å²) in [7, 11) is 0. The molecule has 0 bridgehead atoms. The average molecular weight is 518 g/mol. The molecule has 0 amide bonds. The minimum Gasteiger partial charge on any atom is -0.460 e. The first-order chi connectivity index (χ1) is 18.1. The van der Waals surface area contributed by atoms with E-state index in [9.17, 15) is 14.0 Å². The van der Waals surface area contributed by atoms with Gasteiger partial charge in [-0.2, -0.15) is 5.10 Å². The quantitative estimate of drug-likeness (QED) is 0.398. The topological polar surface area (TPSA) is 82.5 Å². The Labute approximate surface area is 222 Å². The smallest absolute Gasteiger partial charge is 0.337 e. The van der Waals surface area contributed by atoms with Gasteiger partial charge in [-0.15, -0.1) is 0 Å². The molecule has 198 valence electrons. The molecule has 1 aliphatic rings. The van der Waals surface area contributed by atoms with Crippen molar-refractivity contribution < 1.29 is 23.5 Å². The first kappa shape index (κ1) is 26.9. The van der Waals surface area contributed by atoms with Gasteiger partial charge < -0.3 is 14.8 Å². The van der Waals surface area contributed by atoms with Gasteiger partial charge in [-0.3, -0.25) is 0 Å². The second-order valence-electron chi connectivity index (χ2n) is 9.76. The summed E-state index contributed by atoms with van der Waals surface area (Å²) >= 11 is 0. The summed E-state index contributed by atoms with van der Waals surface area (Å²) in [6.45, 7) is 10.6. The fourth-order valence-electron chi connectivity index (χ4n) is 4.54. The predicted octanol–water partition coefficient (Wildman–Crippen LogP) is 5.82. The third kappa shape index (κ3) is 5.54. The van der Waals surface area contributed by atoms with E-state index in [0.717, 1.165) is 5.69 Å². The first-order valence-electron chi connectivity index (χ1n) is 12.6. The molecule has 0 spiro atoms. The molecule has 1 aromatic heterocycles. The lowest BCUT2D eigenvalue weighted by Crippen LogP contribution is -2.33. The van der Waals surface area contributed by atoms with E-state index in [1.54, 1.807) is 64.6 Å². The van der Waals surface area contributed by atoms with Crippen molar-refractivity contribution in [2.45, 2.75) is 59.7 Å². The third-order valence-electron chi connectivity index (χ3n) is 6.08. The largest absolute Gasteiger partial charge is 0.460 e. The highest BCUT2D eigenvalue weighted by Gasteiger charge is 2.40. The number of hydrogen-bond acceptors (Lipinski definition) is 6. The van der Waals surface area contributed by atoms with E-state index in [4.69, 9.17) is 14.6 Å². The van der Waals surface area contributed by atoms with Gasteiger partial charge in [0.2, 0.25) is 0 Å². The lowest BCUT2D eigenvalue weighted by atomic mass is 9.79. The molecule has 8 heteroatoms. The maximum atomic E-state index is 13.8. The summed E-state index contributed by atoms with van der Waals surface area (Å²) in [5.74, 6) is -2.32. The van der Waals surface area contributed by atoms with Crippen LogP contribution < -0.4 is 5.32 Å². The second kappa shape index (κ2) is 11.0. The molecular weight excluding hydrogens is 485 g/mol. The van der Waals surface area contributed by atoms with Crippen LogP contribution in [0.2, 0.25) is 0 Å². The molecule has 0 fully saturated rings. The molecule has 1 aliphatic heterocycles. The van der Waals surface area contributed by atoms with Crippen LogP contribution in [0.1, 0.15) is 53.0 Å². The van der Waals surface area contributed by atoms with Crippen LogP contribution in [0, 0.1) is 5.82 Å². The predicted molar refractivity (Wildman–Crippen MR) is 143 cm³/mol. The van der Waals surface area contributed by atoms with E-state index in [-0.39, 0.29) is 29.2 Å². The average Bonchev–Trinajstić information content (AvgIpc) is 3.28. The van der Waals surface area contributed by atoms with E-state index < -0.39 is 17.9 Å². The number of para-hydroxylation sites is 1. The summed E-state index contributed by atoms with van der Waals surface area (Å²) in [6, 6.07) is 15.5. The number of esters is 2. The van der Waals surface area contributed by atoms with Crippen molar-refractivity contribution in [1.82, 2.24) is 15.1 Å². The summed E-state index contributed by atoms with van der Waals surface area (Å²) in [5, 5.41) is 8.01. The van der Waals surface area contributed by atoms with Crippen molar-refractivity contribution in [2.75, 3.05) is 0 Å². The molecule has 2 aromatic carbocycles. The molecule has 0 saturated carbocycles. The molecule has 0 unspecified atom stereocenters. The van der Waals surface area contributed by atoms with Crippen LogP contribution in [0.25, 0.3) is 16.9 Å². The maximum absolute atomic E-state index is 13.8. The Bertz CT molecular complexity index is 1360. The van der Waals surface area contributed by atoms with E-state index >= 15 is 0 Å². The molecule has 0 atom stereocenters. The van der Waals surface area contributed by atoms with Crippen LogP contribution in [-0.4, -0.2) is 33.9 Å². The van der Waals surface area contributed by atoms with E-state index in [1.165, 1.54) is 12.1 Å². The highest BCUT2D eigenvalue weighted by molar-refractivity contribution is 6.00. The molecule has 7 nitrogen and oxygen atoms in total. The molecule has 4 rings (SSSR count). The minimum absolute atomic E-state index is 0.288. The van der Waals surface area contributed by atoms with Crippen LogP contribution in [-0.2, 0) is 19.1 Å². The standard InChI is InChI=1S/C30H32FN3O4/c1-17(2)37-29(35)25-19(5)32-20(6)26(30(36)38-18(3)4)27(25)24-16-34(23-10-8-7-9-11-23)33-28(24)21-12-14-22(31)15-13-21/h7-18,27,32H,1-6H3. The fraction of sp³-hybridized carbons (Fsp3) is 0.300. The summed E-state index contributed by atoms with van der Waals surface area (Å²) in [4.78, 5) is 27.0. The van der Waals surface area contributed by atoms with Gasteiger partial charge in [0.05, 0.1) is 40.7 Å². The highest BCUT2D eigenvalue weighted by Crippen LogP contribution is 2.43. The Morgan fingerprint density at radius 2 is 1.39 bits per heavy atom. The Morgan fingerprint density at radius 3 is 1.89 bits per heavy atom. The zero-order chi connectivity index (χ0) is 27.6. The van der Waals surface area contributed by atoms with Crippen LogP contribution in [0.3, 0.4) is 0 Å². The number of hydrogen-bond donors (Lipinski definition) is 1. The summed E-state index contributed by atoms with van der Waals surface area (Å²) < 4.78 is 26.8. The molecule has 38 heavy (non-hydrogen) atoms. The van der Waals surface area contributed by atoms with Crippen molar-refractivity contribution >= 4 is 11.9 Å². The van der Waals surface area contributed by atoms with Crippen LogP contribution in [0.4, 0.5) is 4.39 Å². The Balaban J connectivity index is 2.00. The normalized spacial score (nSPS) is 14.2. The van der Waals surface area contributed by atoms with E-state index in [2.05, 4.69) is 5.32 Å². The van der Waals surface area contributed by atoms with Gasteiger partial charge >= 0.3 is 11.9 Å². The zero-order valence-corrected chi connectivity index (χ0v) is 22.4. The lowest BCUT2D eigenvalue weighted by Gasteiger charge is -2.31. The van der Waals surface area contributed by atoms with Crippen LogP contribution >= 0.6 is 0 Å². The SMILES string of the molecule is CC1=C(C(=O)OC(C)C)C(c2cn(-c3ccccc3)nc2-c2ccc(F)cc2)C(C(=O)OC(C)C)=C(C)N1. The summed E-state index contributed by atoms with van der Waals surface area (Å²) in [6.07, 6.45) is 1.06. The number of halogens is 1. The van der Waals surface area contributed by atoms with Crippen LogP contribution in [0.15, 0.2) is 83.3 Å². The number of dihydropyridines is 1. The Morgan fingerprint density at radius 1 is 0.868 bits per heavy atom. The Kier molecular flexibility index (Phi) is 7.80. The number of carbonyl (C=O) groups is 2. The van der Waals surface area contributed by atoms with Crippen molar-refractivity contribution in [3.8, 4) is 16.9 Å². The molecule has 0 radical (unpaired) electrons. The van der Waals surface area contributed by atoms with Gasteiger partial charge in [0, 0.05) is 28.7 Å². The number of aromatic nitrogens is 2. The zero-order valence-electron chi connectivity index (χ0n) is 22.4. The minimum atomic E-state index is -0.841. The number of benzene rings is 2. The maximum Gasteiger partial charge on any atom is 0.337 e. The monoisotopic (exact) mass is 517 g/mol. The van der Waals surface area contributed by atoms with E-state index in [0.29, 0.717) is 28.2 Å². The van der Waals surface area contributed by atoms with Gasteiger partial charge in [-0.05, 0) is 77.9 Å². The molecule has 3 aromatic rings. The van der Waals surface area contributed by atoms with E-state index in [1.807, 2.05) is 30.3 Å². The number of nitrogens with zero attached hydrogens (tertiary/aromatic N) is 2. The van der Waals surface area contributed by atoms with Crippen LogP contribution in [0.5, 0.6) is 0 Å². The van der Waals surface area contributed by atoms with Crippen molar-refractivity contribution in [1.29, 1.82) is 0 Å². The molecule has 0 aliphatic carbocycles. The number of rotatable bonds is 7. The third-order valence-corrected chi connectivity index (χ3v) is 6.08. The molecule has 0 saturated heterocycles. The van der Waals surface area contributed by atoms with Gasteiger partial charge in [0.15, 0.2) is 0 Å². The van der Waals surface area contributed by atoms with Crippen molar-refractivity contribution in [2.24, 2.45) is 0 Å². The fourth-order valence-corrected chi connectivity index (χ4v) is 4.54. The number of ether oxygens (including phenoxy) is 2. The number of allylic oxidation sites excluding steroid dienone is 2. The number of nitrogens with one attached hydrogen (secondary N) is 1. The van der Waals surface area contributed by atoms with Gasteiger partial charge in [-0.1, -0.05) is 18.2 Å². The number of carbonyl (C=O) groups excluding carboxylic acids is 2. The lowest BCUT2D eigenvalue weighted by molar-refractivity contribution is -0.143. The van der Waals surface area contributed by atoms with Crippen molar-refractivity contribution in [3.63, 3.8) is 0 Å². The first-order valence-corrected chi connectivity index (χ1v) is 12.6. The van der Waals surface area contributed by atoms with Gasteiger partial charge in [0.1, 0.15) is 5.82 Å². The summed E-state index contributed by atoms with van der Waals surface area (Å²) in [5.41, 5.74) is 4.23.